The predicted octanol–water partition coefficient (Wildman–Crippen LogP) is 1.75. The monoisotopic (exact) mass is 216 g/mol. The first-order valence-corrected chi connectivity index (χ1v) is 4.21. The van der Waals surface area contributed by atoms with Gasteiger partial charge in [-0.05, 0) is 12.5 Å². The summed E-state index contributed by atoms with van der Waals surface area (Å²) in [4.78, 5) is 10.2. The van der Waals surface area contributed by atoms with Gasteiger partial charge in [-0.15, -0.1) is 0 Å². The molecule has 1 aromatic rings. The highest BCUT2D eigenvalue weighted by Crippen LogP contribution is 2.31. The number of hydrogen-bond acceptors (Lipinski definition) is 2. The van der Waals surface area contributed by atoms with E-state index in [0.717, 1.165) is 5.56 Å². The molecule has 15 heavy (non-hydrogen) atoms. The minimum absolute atomic E-state index is 0.118. The molecule has 1 atom stereocenters. The number of aliphatic carboxylic acids is 1. The van der Waals surface area contributed by atoms with E-state index >= 15 is 0 Å². The summed E-state index contributed by atoms with van der Waals surface area (Å²) in [5.74, 6) is -6.51. The van der Waals surface area contributed by atoms with Crippen LogP contribution in [0.5, 0.6) is 0 Å². The highest BCUT2D eigenvalue weighted by Gasteiger charge is 2.47. The number of aliphatic hydroxyl groups is 1. The van der Waals surface area contributed by atoms with E-state index in [1.165, 1.54) is 24.3 Å². The number of aryl methyl sites for hydroxylation is 1. The lowest BCUT2D eigenvalue weighted by Crippen LogP contribution is -2.35. The maximum absolute atomic E-state index is 12.9. The number of benzene rings is 1. The maximum Gasteiger partial charge on any atom is 0.377 e. The van der Waals surface area contributed by atoms with Crippen LogP contribution in [0.25, 0.3) is 0 Å². The van der Waals surface area contributed by atoms with Gasteiger partial charge in [0, 0.05) is 0 Å². The molecule has 0 amide bonds. The molecule has 0 fully saturated rings. The fourth-order valence-corrected chi connectivity index (χ4v) is 1.08. The van der Waals surface area contributed by atoms with Crippen molar-refractivity contribution in [3.8, 4) is 0 Å². The standard InChI is InChI=1S/C10H10F2O3/c1-6-2-4-7(5-3-6)8(13)10(11,12)9(14)15/h2-5,8,13H,1H3,(H,14,15). The van der Waals surface area contributed by atoms with Crippen LogP contribution in [-0.4, -0.2) is 22.1 Å². The van der Waals surface area contributed by atoms with Gasteiger partial charge < -0.3 is 10.2 Å². The Morgan fingerprint density at radius 2 is 1.80 bits per heavy atom. The van der Waals surface area contributed by atoms with E-state index in [9.17, 15) is 18.7 Å². The van der Waals surface area contributed by atoms with Crippen molar-refractivity contribution in [1.82, 2.24) is 0 Å². The molecule has 5 heteroatoms. The van der Waals surface area contributed by atoms with Gasteiger partial charge in [0.05, 0.1) is 0 Å². The van der Waals surface area contributed by atoms with Crippen LogP contribution in [0.3, 0.4) is 0 Å². The second kappa shape index (κ2) is 3.94. The van der Waals surface area contributed by atoms with Crippen LogP contribution >= 0.6 is 0 Å². The molecule has 2 N–H and O–H groups in total. The lowest BCUT2D eigenvalue weighted by Gasteiger charge is -2.18. The number of aliphatic hydroxyl groups excluding tert-OH is 1. The van der Waals surface area contributed by atoms with Crippen molar-refractivity contribution in [2.24, 2.45) is 0 Å². The van der Waals surface area contributed by atoms with Gasteiger partial charge in [0.1, 0.15) is 0 Å². The van der Waals surface area contributed by atoms with Crippen molar-refractivity contribution in [3.05, 3.63) is 35.4 Å². The van der Waals surface area contributed by atoms with Gasteiger partial charge in [-0.2, -0.15) is 8.78 Å². The number of carboxylic acid groups (broad SMARTS) is 1. The summed E-state index contributed by atoms with van der Waals surface area (Å²) in [5.41, 5.74) is 0.720. The van der Waals surface area contributed by atoms with Crippen molar-refractivity contribution in [1.29, 1.82) is 0 Å². The molecule has 1 rings (SSSR count). The molecule has 0 radical (unpaired) electrons. The fourth-order valence-electron chi connectivity index (χ4n) is 1.08. The molecule has 0 saturated carbocycles. The Balaban J connectivity index is 2.99. The summed E-state index contributed by atoms with van der Waals surface area (Å²) >= 11 is 0. The Labute approximate surface area is 85.0 Å². The van der Waals surface area contributed by atoms with Gasteiger partial charge in [0.2, 0.25) is 0 Å². The smallest absolute Gasteiger partial charge is 0.377 e. The van der Waals surface area contributed by atoms with E-state index in [0.29, 0.717) is 0 Å². The van der Waals surface area contributed by atoms with Gasteiger partial charge in [0.15, 0.2) is 6.10 Å². The average molecular weight is 216 g/mol. The number of rotatable bonds is 3. The van der Waals surface area contributed by atoms with Gasteiger partial charge in [0.25, 0.3) is 0 Å². The summed E-state index contributed by atoms with van der Waals surface area (Å²) < 4.78 is 25.8. The molecule has 82 valence electrons. The van der Waals surface area contributed by atoms with E-state index < -0.39 is 18.0 Å². The molecule has 0 aliphatic rings. The molecule has 0 heterocycles. The third-order valence-electron chi connectivity index (χ3n) is 2.02. The Bertz CT molecular complexity index is 359. The maximum atomic E-state index is 12.9. The minimum Gasteiger partial charge on any atom is -0.477 e. The third kappa shape index (κ3) is 2.30. The first-order chi connectivity index (χ1) is 6.85. The molecule has 0 aromatic heterocycles. The van der Waals surface area contributed by atoms with Crippen LogP contribution in [0.15, 0.2) is 24.3 Å². The van der Waals surface area contributed by atoms with Crippen molar-refractivity contribution in [2.45, 2.75) is 19.0 Å². The lowest BCUT2D eigenvalue weighted by molar-refractivity contribution is -0.182. The van der Waals surface area contributed by atoms with Crippen LogP contribution in [0, 0.1) is 6.92 Å². The molecule has 1 unspecified atom stereocenters. The van der Waals surface area contributed by atoms with Crippen LogP contribution < -0.4 is 0 Å². The van der Waals surface area contributed by atoms with E-state index in [1.54, 1.807) is 6.92 Å². The second-order valence-corrected chi connectivity index (χ2v) is 3.24. The largest absolute Gasteiger partial charge is 0.477 e. The highest BCUT2D eigenvalue weighted by atomic mass is 19.3. The Hall–Kier alpha value is -1.49. The fraction of sp³-hybridized carbons (Fsp3) is 0.300. The zero-order chi connectivity index (χ0) is 11.6. The molecule has 1 aromatic carbocycles. The topological polar surface area (TPSA) is 57.5 Å². The molecule has 0 saturated heterocycles. The molecule has 0 spiro atoms. The van der Waals surface area contributed by atoms with Crippen LogP contribution in [0.1, 0.15) is 17.2 Å². The number of carbonyl (C=O) groups is 1. The van der Waals surface area contributed by atoms with Gasteiger partial charge in [-0.25, -0.2) is 4.79 Å². The summed E-state index contributed by atoms with van der Waals surface area (Å²) in [7, 11) is 0. The summed E-state index contributed by atoms with van der Waals surface area (Å²) in [6.07, 6.45) is -2.32. The third-order valence-corrected chi connectivity index (χ3v) is 2.02. The van der Waals surface area contributed by atoms with E-state index in [4.69, 9.17) is 5.11 Å². The van der Waals surface area contributed by atoms with Crippen molar-refractivity contribution in [2.75, 3.05) is 0 Å². The van der Waals surface area contributed by atoms with Crippen LogP contribution in [-0.2, 0) is 4.79 Å². The van der Waals surface area contributed by atoms with E-state index in [2.05, 4.69) is 0 Å². The van der Waals surface area contributed by atoms with Crippen molar-refractivity contribution < 1.29 is 23.8 Å². The number of carboxylic acids is 1. The van der Waals surface area contributed by atoms with E-state index in [1.807, 2.05) is 0 Å². The van der Waals surface area contributed by atoms with Crippen molar-refractivity contribution in [3.63, 3.8) is 0 Å². The minimum atomic E-state index is -4.17. The molecular formula is C10H10F2O3. The number of halogens is 2. The summed E-state index contributed by atoms with van der Waals surface area (Å²) in [6.45, 7) is 1.76. The lowest BCUT2D eigenvalue weighted by atomic mass is 10.0. The summed E-state index contributed by atoms with van der Waals surface area (Å²) in [6, 6.07) is 5.60. The summed E-state index contributed by atoms with van der Waals surface area (Å²) in [5, 5.41) is 17.4. The Morgan fingerprint density at radius 1 is 1.33 bits per heavy atom. The zero-order valence-electron chi connectivity index (χ0n) is 7.95. The molecule has 3 nitrogen and oxygen atoms in total. The first kappa shape index (κ1) is 11.6. The van der Waals surface area contributed by atoms with Gasteiger partial charge >= 0.3 is 11.9 Å². The molecular weight excluding hydrogens is 206 g/mol. The highest BCUT2D eigenvalue weighted by molar-refractivity contribution is 5.76. The van der Waals surface area contributed by atoms with E-state index in [-0.39, 0.29) is 5.56 Å². The zero-order valence-corrected chi connectivity index (χ0v) is 7.95. The Morgan fingerprint density at radius 3 is 2.20 bits per heavy atom. The second-order valence-electron chi connectivity index (χ2n) is 3.24. The SMILES string of the molecule is Cc1ccc(C(O)C(F)(F)C(=O)O)cc1. The van der Waals surface area contributed by atoms with Crippen LogP contribution in [0.2, 0.25) is 0 Å². The normalized spacial score (nSPS) is 13.6. The average Bonchev–Trinajstić information content (AvgIpc) is 2.17. The van der Waals surface area contributed by atoms with Gasteiger partial charge in [-0.3, -0.25) is 0 Å². The Kier molecular flexibility index (Phi) is 3.04. The molecule has 0 bridgehead atoms. The number of alkyl halides is 2. The molecule has 0 aliphatic heterocycles. The van der Waals surface area contributed by atoms with Crippen LogP contribution in [0.4, 0.5) is 8.78 Å². The quantitative estimate of drug-likeness (QED) is 0.809. The predicted molar refractivity (Wildman–Crippen MR) is 48.7 cm³/mol. The first-order valence-electron chi connectivity index (χ1n) is 4.21. The van der Waals surface area contributed by atoms with Crippen molar-refractivity contribution >= 4 is 5.97 Å². The number of hydrogen-bond donors (Lipinski definition) is 2. The molecule has 0 aliphatic carbocycles. The van der Waals surface area contributed by atoms with Gasteiger partial charge in [-0.1, -0.05) is 29.8 Å².